The molecule has 1 aliphatic heterocycles. The van der Waals surface area contributed by atoms with Gasteiger partial charge < -0.3 is 14.2 Å². The summed E-state index contributed by atoms with van der Waals surface area (Å²) in [6.45, 7) is 7.52. The van der Waals surface area contributed by atoms with Gasteiger partial charge in [0.1, 0.15) is 5.65 Å². The molecule has 1 N–H and O–H groups in total. The maximum absolute atomic E-state index is 10.3. The molecule has 0 aromatic carbocycles. The Kier molecular flexibility index (Phi) is 5.27. The summed E-state index contributed by atoms with van der Waals surface area (Å²) in [6.07, 6.45) is 1.73. The number of aliphatic hydroxyl groups is 1. The number of likely N-dealkylation sites (N-methyl/N-ethyl adjacent to an activating group) is 1. The van der Waals surface area contributed by atoms with Gasteiger partial charge in [0.25, 0.3) is 0 Å². The first-order valence-electron chi connectivity index (χ1n) is 8.22. The van der Waals surface area contributed by atoms with Gasteiger partial charge in [0.05, 0.1) is 25.0 Å². The van der Waals surface area contributed by atoms with E-state index in [0.717, 1.165) is 44.2 Å². The van der Waals surface area contributed by atoms with Crippen LogP contribution in [-0.2, 0) is 11.3 Å². The third kappa shape index (κ3) is 4.29. The molecule has 1 atom stereocenters. The molecule has 0 aliphatic carbocycles. The van der Waals surface area contributed by atoms with E-state index in [-0.39, 0.29) is 6.10 Å². The number of hydrogen-bond donors (Lipinski definition) is 1. The van der Waals surface area contributed by atoms with Crippen molar-refractivity contribution >= 4 is 5.65 Å². The normalized spacial score (nSPS) is 17.9. The van der Waals surface area contributed by atoms with Crippen molar-refractivity contribution < 1.29 is 9.84 Å². The fourth-order valence-corrected chi connectivity index (χ4v) is 3.12. The van der Waals surface area contributed by atoms with Gasteiger partial charge in [0.2, 0.25) is 0 Å². The van der Waals surface area contributed by atoms with Crippen LogP contribution < -0.4 is 0 Å². The molecule has 1 aliphatic rings. The second-order valence-electron chi connectivity index (χ2n) is 6.39. The quantitative estimate of drug-likeness (QED) is 0.852. The number of rotatable bonds is 6. The Morgan fingerprint density at radius 2 is 2.13 bits per heavy atom. The van der Waals surface area contributed by atoms with Crippen molar-refractivity contribution in [3.63, 3.8) is 0 Å². The van der Waals surface area contributed by atoms with Crippen molar-refractivity contribution in [3.8, 4) is 0 Å². The molecule has 126 valence electrons. The molecule has 23 heavy (non-hydrogen) atoms. The zero-order chi connectivity index (χ0) is 16.2. The van der Waals surface area contributed by atoms with Gasteiger partial charge in [-0.05, 0) is 26.1 Å². The molecule has 2 aromatic rings. The topological polar surface area (TPSA) is 53.2 Å². The van der Waals surface area contributed by atoms with Crippen LogP contribution in [0.5, 0.6) is 0 Å². The number of aliphatic hydroxyl groups excluding tert-OH is 1. The summed E-state index contributed by atoms with van der Waals surface area (Å²) in [5.41, 5.74) is 3.18. The van der Waals surface area contributed by atoms with E-state index in [1.54, 1.807) is 0 Å². The number of β-amino-alcohol motifs (C(OH)–C–C–N with tert-alkyl or cyclic N) is 1. The van der Waals surface area contributed by atoms with Crippen molar-refractivity contribution in [3.05, 3.63) is 35.8 Å². The Morgan fingerprint density at radius 1 is 1.35 bits per heavy atom. The molecule has 3 heterocycles. The number of ether oxygens (including phenoxy) is 1. The predicted molar refractivity (Wildman–Crippen MR) is 89.5 cm³/mol. The largest absolute Gasteiger partial charge is 0.390 e. The minimum atomic E-state index is -0.350. The first-order chi connectivity index (χ1) is 11.1. The smallest absolute Gasteiger partial charge is 0.137 e. The number of nitrogens with zero attached hydrogens (tertiary/aromatic N) is 4. The van der Waals surface area contributed by atoms with Crippen LogP contribution >= 0.6 is 0 Å². The van der Waals surface area contributed by atoms with Crippen LogP contribution in [0.2, 0.25) is 0 Å². The highest BCUT2D eigenvalue weighted by atomic mass is 16.5. The van der Waals surface area contributed by atoms with Crippen LogP contribution in [-0.4, -0.2) is 76.8 Å². The molecule has 0 bridgehead atoms. The minimum absolute atomic E-state index is 0.350. The molecule has 0 spiro atoms. The van der Waals surface area contributed by atoms with Crippen molar-refractivity contribution in [1.29, 1.82) is 0 Å². The van der Waals surface area contributed by atoms with E-state index in [1.807, 2.05) is 19.2 Å². The van der Waals surface area contributed by atoms with Crippen LogP contribution in [0.3, 0.4) is 0 Å². The molecule has 1 saturated heterocycles. The third-order valence-electron chi connectivity index (χ3n) is 4.27. The van der Waals surface area contributed by atoms with Crippen LogP contribution in [0, 0.1) is 6.92 Å². The molecule has 3 rings (SSSR count). The molecule has 6 nitrogen and oxygen atoms in total. The molecule has 1 unspecified atom stereocenters. The monoisotopic (exact) mass is 318 g/mol. The molecule has 0 saturated carbocycles. The fraction of sp³-hybridized carbons (Fsp3) is 0.588. The lowest BCUT2D eigenvalue weighted by atomic mass is 10.2. The van der Waals surface area contributed by atoms with E-state index in [9.17, 15) is 5.11 Å². The molecular formula is C17H26N4O2. The van der Waals surface area contributed by atoms with Gasteiger partial charge in [-0.1, -0.05) is 6.07 Å². The number of fused-ring (bicyclic) bond motifs is 1. The van der Waals surface area contributed by atoms with E-state index >= 15 is 0 Å². The van der Waals surface area contributed by atoms with E-state index in [1.165, 1.54) is 5.69 Å². The first kappa shape index (κ1) is 16.4. The first-order valence-corrected chi connectivity index (χ1v) is 8.22. The lowest BCUT2D eigenvalue weighted by molar-refractivity contribution is 0.00820. The van der Waals surface area contributed by atoms with E-state index in [0.29, 0.717) is 13.1 Å². The van der Waals surface area contributed by atoms with Crippen molar-refractivity contribution in [2.75, 3.05) is 46.4 Å². The Labute approximate surface area is 137 Å². The Hall–Kier alpha value is -1.47. The summed E-state index contributed by atoms with van der Waals surface area (Å²) in [7, 11) is 2.03. The van der Waals surface area contributed by atoms with Crippen LogP contribution in [0.25, 0.3) is 5.65 Å². The van der Waals surface area contributed by atoms with Crippen molar-refractivity contribution in [1.82, 2.24) is 19.2 Å². The van der Waals surface area contributed by atoms with Crippen molar-refractivity contribution in [2.45, 2.75) is 19.6 Å². The average Bonchev–Trinajstić information content (AvgIpc) is 2.91. The second kappa shape index (κ2) is 7.40. The highest BCUT2D eigenvalue weighted by molar-refractivity contribution is 5.41. The summed E-state index contributed by atoms with van der Waals surface area (Å²) >= 11 is 0. The number of aryl methyl sites for hydroxylation is 1. The molecule has 1 fully saturated rings. The highest BCUT2D eigenvalue weighted by Crippen LogP contribution is 2.10. The van der Waals surface area contributed by atoms with Gasteiger partial charge in [-0.3, -0.25) is 9.80 Å². The number of morpholine rings is 1. The summed E-state index contributed by atoms with van der Waals surface area (Å²) < 4.78 is 7.44. The van der Waals surface area contributed by atoms with Crippen LogP contribution in [0.15, 0.2) is 24.4 Å². The maximum Gasteiger partial charge on any atom is 0.137 e. The summed E-state index contributed by atoms with van der Waals surface area (Å²) in [5.74, 6) is 0. The minimum Gasteiger partial charge on any atom is -0.390 e. The SMILES string of the molecule is Cc1cccc2nc(CN(C)CC(O)CN3CCOCC3)cn12. The second-order valence-corrected chi connectivity index (χ2v) is 6.39. The average molecular weight is 318 g/mol. The summed E-state index contributed by atoms with van der Waals surface area (Å²) in [4.78, 5) is 9.04. The number of hydrogen-bond acceptors (Lipinski definition) is 5. The lowest BCUT2D eigenvalue weighted by Gasteiger charge is -2.29. The highest BCUT2D eigenvalue weighted by Gasteiger charge is 2.16. The Balaban J connectivity index is 1.53. The maximum atomic E-state index is 10.3. The van der Waals surface area contributed by atoms with Gasteiger partial charge >= 0.3 is 0 Å². The molecular weight excluding hydrogens is 292 g/mol. The Bertz CT molecular complexity index is 637. The van der Waals surface area contributed by atoms with Gasteiger partial charge in [-0.2, -0.15) is 0 Å². The van der Waals surface area contributed by atoms with Gasteiger partial charge in [0, 0.05) is 44.6 Å². The Morgan fingerprint density at radius 3 is 2.87 bits per heavy atom. The molecule has 2 aromatic heterocycles. The van der Waals surface area contributed by atoms with Gasteiger partial charge in [-0.15, -0.1) is 0 Å². The fourth-order valence-electron chi connectivity index (χ4n) is 3.12. The zero-order valence-electron chi connectivity index (χ0n) is 14.0. The summed E-state index contributed by atoms with van der Waals surface area (Å²) in [6, 6.07) is 6.12. The van der Waals surface area contributed by atoms with E-state index in [2.05, 4.69) is 38.4 Å². The lowest BCUT2D eigenvalue weighted by Crippen LogP contribution is -2.43. The van der Waals surface area contributed by atoms with Crippen LogP contribution in [0.1, 0.15) is 11.4 Å². The summed E-state index contributed by atoms with van der Waals surface area (Å²) in [5, 5.41) is 10.3. The number of pyridine rings is 1. The number of imidazole rings is 1. The van der Waals surface area contributed by atoms with Crippen LogP contribution in [0.4, 0.5) is 0 Å². The van der Waals surface area contributed by atoms with Crippen molar-refractivity contribution in [2.24, 2.45) is 0 Å². The van der Waals surface area contributed by atoms with Gasteiger partial charge in [0.15, 0.2) is 0 Å². The zero-order valence-corrected chi connectivity index (χ0v) is 14.0. The van der Waals surface area contributed by atoms with E-state index < -0.39 is 0 Å². The van der Waals surface area contributed by atoms with Gasteiger partial charge in [-0.25, -0.2) is 4.98 Å². The predicted octanol–water partition coefficient (Wildman–Crippen LogP) is 0.768. The molecule has 0 amide bonds. The molecule has 6 heteroatoms. The standard InChI is InChI=1S/C17H26N4O2/c1-14-4-3-5-17-18-15(11-21(14)17)10-19(2)12-16(22)13-20-6-8-23-9-7-20/h3-5,11,16,22H,6-10,12-13H2,1-2H3. The van der Waals surface area contributed by atoms with E-state index in [4.69, 9.17) is 4.74 Å². The molecule has 0 radical (unpaired) electrons. The number of aromatic nitrogens is 2. The third-order valence-corrected chi connectivity index (χ3v) is 4.27.